The molecule has 2 aromatic carbocycles. The van der Waals surface area contributed by atoms with E-state index in [0.717, 1.165) is 5.56 Å². The molecule has 0 saturated carbocycles. The smallest absolute Gasteiger partial charge is 0.342 e. The predicted octanol–water partition coefficient (Wildman–Crippen LogP) is 1.71. The number of nitrogens with two attached hydrogens (primary N) is 1. The molecule has 0 saturated heterocycles. The van der Waals surface area contributed by atoms with Crippen molar-refractivity contribution in [3.05, 3.63) is 59.2 Å². The molecule has 0 aromatic heterocycles. The Kier molecular flexibility index (Phi) is 5.43. The van der Waals surface area contributed by atoms with E-state index in [9.17, 15) is 18.0 Å². The number of carbonyl (C=O) groups is 2. The van der Waals surface area contributed by atoms with Gasteiger partial charge in [0.25, 0.3) is 5.91 Å². The third-order valence-electron chi connectivity index (χ3n) is 3.26. The van der Waals surface area contributed by atoms with Gasteiger partial charge >= 0.3 is 16.1 Å². The Morgan fingerprint density at radius 2 is 1.76 bits per heavy atom. The maximum atomic E-state index is 12.6. The molecular formula is C17H17NO6S. The molecule has 0 heterocycles. The Hall–Kier alpha value is -2.87. The van der Waals surface area contributed by atoms with Gasteiger partial charge in [0.05, 0.1) is 0 Å². The average molecular weight is 363 g/mol. The van der Waals surface area contributed by atoms with E-state index < -0.39 is 28.6 Å². The summed E-state index contributed by atoms with van der Waals surface area (Å²) < 4.78 is 35.0. The Morgan fingerprint density at radius 3 is 2.44 bits per heavy atom. The fourth-order valence-electron chi connectivity index (χ4n) is 2.06. The molecule has 2 rings (SSSR count). The van der Waals surface area contributed by atoms with E-state index >= 15 is 0 Å². The molecule has 0 aliphatic rings. The number of ether oxygens (including phenoxy) is 1. The highest BCUT2D eigenvalue weighted by Gasteiger charge is 2.23. The number of esters is 1. The van der Waals surface area contributed by atoms with E-state index in [4.69, 9.17) is 14.7 Å². The van der Waals surface area contributed by atoms with Crippen LogP contribution in [0.4, 0.5) is 0 Å². The number of rotatable bonds is 6. The Bertz CT molecular complexity index is 920. The van der Waals surface area contributed by atoms with Gasteiger partial charge in [-0.15, -0.1) is 0 Å². The number of hydrogen-bond acceptors (Lipinski definition) is 6. The van der Waals surface area contributed by atoms with Crippen LogP contribution in [0.15, 0.2) is 47.4 Å². The molecule has 0 radical (unpaired) electrons. The van der Waals surface area contributed by atoms with Gasteiger partial charge in [0.15, 0.2) is 12.4 Å². The first-order chi connectivity index (χ1) is 11.7. The average Bonchev–Trinajstić information content (AvgIpc) is 2.55. The first kappa shape index (κ1) is 18.5. The van der Waals surface area contributed by atoms with Crippen LogP contribution in [-0.2, 0) is 19.6 Å². The number of para-hydroxylation sites is 1. The highest BCUT2D eigenvalue weighted by Crippen LogP contribution is 2.25. The monoisotopic (exact) mass is 363 g/mol. The number of aryl methyl sites for hydroxylation is 2. The van der Waals surface area contributed by atoms with Crippen LogP contribution in [0.1, 0.15) is 21.5 Å². The molecule has 8 heteroatoms. The fraction of sp³-hybridized carbons (Fsp3) is 0.176. The van der Waals surface area contributed by atoms with Crippen molar-refractivity contribution < 1.29 is 26.9 Å². The molecule has 0 atom stereocenters. The summed E-state index contributed by atoms with van der Waals surface area (Å²) in [6.45, 7) is 2.78. The number of amides is 1. The maximum Gasteiger partial charge on any atom is 0.342 e. The number of primary amides is 1. The Balaban J connectivity index is 2.35. The van der Waals surface area contributed by atoms with Crippen LogP contribution in [-0.4, -0.2) is 26.9 Å². The number of hydrogen-bond donors (Lipinski definition) is 1. The molecule has 132 valence electrons. The Morgan fingerprint density at radius 1 is 1.08 bits per heavy atom. The van der Waals surface area contributed by atoms with Crippen LogP contribution in [0.25, 0.3) is 0 Å². The van der Waals surface area contributed by atoms with E-state index in [2.05, 4.69) is 0 Å². The van der Waals surface area contributed by atoms with Crippen molar-refractivity contribution in [1.29, 1.82) is 0 Å². The molecule has 25 heavy (non-hydrogen) atoms. The fourth-order valence-corrected chi connectivity index (χ4v) is 3.33. The van der Waals surface area contributed by atoms with Gasteiger partial charge in [-0.3, -0.25) is 4.79 Å². The van der Waals surface area contributed by atoms with Crippen LogP contribution < -0.4 is 9.92 Å². The second-order valence-corrected chi connectivity index (χ2v) is 6.86. The molecule has 2 N–H and O–H groups in total. The predicted molar refractivity (Wildman–Crippen MR) is 89.6 cm³/mol. The van der Waals surface area contributed by atoms with Gasteiger partial charge in [0.2, 0.25) is 0 Å². The molecule has 0 aliphatic carbocycles. The van der Waals surface area contributed by atoms with Crippen LogP contribution in [0, 0.1) is 13.8 Å². The van der Waals surface area contributed by atoms with Crippen molar-refractivity contribution in [3.63, 3.8) is 0 Å². The van der Waals surface area contributed by atoms with Gasteiger partial charge < -0.3 is 14.7 Å². The van der Waals surface area contributed by atoms with E-state index in [1.54, 1.807) is 26.0 Å². The standard InChI is InChI=1S/C17H17NO6S/c1-11-7-8-12(2)15(9-11)25(21,22)24-14-6-4-3-5-13(14)17(20)23-10-16(18)19/h3-9H,10H2,1-2H3,(H2,18,19). The molecule has 0 spiro atoms. The summed E-state index contributed by atoms with van der Waals surface area (Å²) in [7, 11) is -4.15. The molecular weight excluding hydrogens is 346 g/mol. The number of carbonyl (C=O) groups excluding carboxylic acids is 2. The summed E-state index contributed by atoms with van der Waals surface area (Å²) in [4.78, 5) is 22.7. The molecule has 2 aromatic rings. The maximum absolute atomic E-state index is 12.6. The molecule has 0 fully saturated rings. The first-order valence-electron chi connectivity index (χ1n) is 7.27. The normalized spacial score (nSPS) is 11.0. The Labute approximate surface area is 145 Å². The summed E-state index contributed by atoms with van der Waals surface area (Å²) in [6.07, 6.45) is 0. The quantitative estimate of drug-likeness (QED) is 0.617. The minimum absolute atomic E-state index is 0.00723. The summed E-state index contributed by atoms with van der Waals surface area (Å²) >= 11 is 0. The highest BCUT2D eigenvalue weighted by atomic mass is 32.2. The van der Waals surface area contributed by atoms with E-state index in [-0.39, 0.29) is 16.2 Å². The zero-order chi connectivity index (χ0) is 18.6. The third-order valence-corrected chi connectivity index (χ3v) is 4.64. The van der Waals surface area contributed by atoms with Gasteiger partial charge in [0.1, 0.15) is 10.5 Å². The van der Waals surface area contributed by atoms with Gasteiger partial charge in [-0.1, -0.05) is 24.3 Å². The third kappa shape index (κ3) is 4.57. The lowest BCUT2D eigenvalue weighted by Crippen LogP contribution is -2.21. The van der Waals surface area contributed by atoms with Crippen molar-refractivity contribution in [3.8, 4) is 5.75 Å². The minimum atomic E-state index is -4.15. The van der Waals surface area contributed by atoms with Crippen LogP contribution >= 0.6 is 0 Å². The minimum Gasteiger partial charge on any atom is -0.452 e. The van der Waals surface area contributed by atoms with Crippen molar-refractivity contribution in [1.82, 2.24) is 0 Å². The lowest BCUT2D eigenvalue weighted by atomic mass is 10.2. The van der Waals surface area contributed by atoms with Crippen LogP contribution in [0.2, 0.25) is 0 Å². The number of benzene rings is 2. The molecule has 7 nitrogen and oxygen atoms in total. The second kappa shape index (κ2) is 7.35. The lowest BCUT2D eigenvalue weighted by Gasteiger charge is -2.12. The van der Waals surface area contributed by atoms with Crippen molar-refractivity contribution >= 4 is 22.0 Å². The second-order valence-electron chi connectivity index (χ2n) is 5.35. The largest absolute Gasteiger partial charge is 0.452 e. The first-order valence-corrected chi connectivity index (χ1v) is 8.68. The summed E-state index contributed by atoms with van der Waals surface area (Å²) in [5.74, 6) is -1.93. The van der Waals surface area contributed by atoms with Crippen molar-refractivity contribution in [2.24, 2.45) is 5.73 Å². The van der Waals surface area contributed by atoms with Crippen LogP contribution in [0.3, 0.4) is 0 Å². The van der Waals surface area contributed by atoms with E-state index in [1.165, 1.54) is 30.3 Å². The molecule has 1 amide bonds. The SMILES string of the molecule is Cc1ccc(C)c(S(=O)(=O)Oc2ccccc2C(=O)OCC(N)=O)c1. The van der Waals surface area contributed by atoms with E-state index in [1.807, 2.05) is 0 Å². The molecule has 0 aliphatic heterocycles. The zero-order valence-electron chi connectivity index (χ0n) is 13.7. The lowest BCUT2D eigenvalue weighted by molar-refractivity contribution is -0.121. The molecule has 0 bridgehead atoms. The summed E-state index contributed by atoms with van der Waals surface area (Å²) in [6, 6.07) is 10.6. The summed E-state index contributed by atoms with van der Waals surface area (Å²) in [5.41, 5.74) is 6.06. The van der Waals surface area contributed by atoms with Crippen LogP contribution in [0.5, 0.6) is 5.75 Å². The van der Waals surface area contributed by atoms with Crippen molar-refractivity contribution in [2.45, 2.75) is 18.7 Å². The topological polar surface area (TPSA) is 113 Å². The zero-order valence-corrected chi connectivity index (χ0v) is 14.5. The van der Waals surface area contributed by atoms with Gasteiger partial charge in [0, 0.05) is 0 Å². The van der Waals surface area contributed by atoms with Gasteiger partial charge in [-0.2, -0.15) is 8.42 Å². The van der Waals surface area contributed by atoms with E-state index in [0.29, 0.717) is 5.56 Å². The van der Waals surface area contributed by atoms with Gasteiger partial charge in [-0.25, -0.2) is 4.79 Å². The summed E-state index contributed by atoms with van der Waals surface area (Å²) in [5, 5.41) is 0. The highest BCUT2D eigenvalue weighted by molar-refractivity contribution is 7.87. The van der Waals surface area contributed by atoms with Gasteiger partial charge in [-0.05, 0) is 43.2 Å². The molecule has 0 unspecified atom stereocenters. The van der Waals surface area contributed by atoms with Crippen molar-refractivity contribution in [2.75, 3.05) is 6.61 Å².